The monoisotopic (exact) mass is 326 g/mol. The maximum atomic E-state index is 5.64. The fourth-order valence-corrected chi connectivity index (χ4v) is 3.81. The number of hydrogen-bond acceptors (Lipinski definition) is 2. The van der Waals surface area contributed by atoms with Gasteiger partial charge in [0.1, 0.15) is 0 Å². The van der Waals surface area contributed by atoms with Gasteiger partial charge in [-0.2, -0.15) is 0 Å². The molecule has 1 atom stereocenters. The van der Waals surface area contributed by atoms with E-state index in [1.54, 1.807) is 0 Å². The van der Waals surface area contributed by atoms with Gasteiger partial charge in [0.15, 0.2) is 5.11 Å². The van der Waals surface area contributed by atoms with Crippen molar-refractivity contribution in [3.63, 3.8) is 0 Å². The van der Waals surface area contributed by atoms with Crippen molar-refractivity contribution in [3.05, 3.63) is 0 Å². The summed E-state index contributed by atoms with van der Waals surface area (Å²) in [5.74, 6) is 0. The summed E-state index contributed by atoms with van der Waals surface area (Å²) in [7, 11) is 0. The molecule has 0 amide bonds. The quantitative estimate of drug-likeness (QED) is 0.758. The summed E-state index contributed by atoms with van der Waals surface area (Å²) in [6.07, 6.45) is 17.8. The van der Waals surface area contributed by atoms with E-state index in [1.165, 1.54) is 83.5 Å². The van der Waals surface area contributed by atoms with E-state index in [4.69, 9.17) is 17.0 Å². The van der Waals surface area contributed by atoms with Crippen LogP contribution < -0.4 is 10.6 Å². The Labute approximate surface area is 142 Å². The van der Waals surface area contributed by atoms with Gasteiger partial charge in [0.2, 0.25) is 0 Å². The number of nitrogens with one attached hydrogen (secondary N) is 2. The normalized spacial score (nSPS) is 25.9. The van der Waals surface area contributed by atoms with Gasteiger partial charge >= 0.3 is 0 Å². The molecule has 1 unspecified atom stereocenters. The van der Waals surface area contributed by atoms with Crippen molar-refractivity contribution in [2.75, 3.05) is 13.2 Å². The first-order valence-corrected chi connectivity index (χ1v) is 9.91. The summed E-state index contributed by atoms with van der Waals surface area (Å²) < 4.78 is 5.64. The maximum Gasteiger partial charge on any atom is 0.166 e. The van der Waals surface area contributed by atoms with Crippen LogP contribution in [-0.4, -0.2) is 30.4 Å². The van der Waals surface area contributed by atoms with Gasteiger partial charge in [0.25, 0.3) is 0 Å². The lowest BCUT2D eigenvalue weighted by Gasteiger charge is -2.22. The van der Waals surface area contributed by atoms with Gasteiger partial charge in [-0.05, 0) is 37.9 Å². The molecule has 22 heavy (non-hydrogen) atoms. The highest BCUT2D eigenvalue weighted by molar-refractivity contribution is 7.80. The fraction of sp³-hybridized carbons (Fsp3) is 0.944. The van der Waals surface area contributed by atoms with Crippen molar-refractivity contribution in [3.8, 4) is 0 Å². The van der Waals surface area contributed by atoms with Crippen molar-refractivity contribution in [1.29, 1.82) is 0 Å². The number of ether oxygens (including phenoxy) is 1. The Hall–Kier alpha value is -0.350. The molecule has 3 nitrogen and oxygen atoms in total. The van der Waals surface area contributed by atoms with E-state index in [-0.39, 0.29) is 0 Å². The first-order valence-electron chi connectivity index (χ1n) is 9.50. The Kier molecular flexibility index (Phi) is 9.18. The summed E-state index contributed by atoms with van der Waals surface area (Å²) in [5.41, 5.74) is 0. The molecule has 2 fully saturated rings. The smallest absolute Gasteiger partial charge is 0.166 e. The Bertz CT molecular complexity index is 293. The van der Waals surface area contributed by atoms with Crippen LogP contribution in [0.5, 0.6) is 0 Å². The Morgan fingerprint density at radius 2 is 1.41 bits per heavy atom. The minimum Gasteiger partial charge on any atom is -0.376 e. The summed E-state index contributed by atoms with van der Waals surface area (Å²) in [5, 5.41) is 7.74. The van der Waals surface area contributed by atoms with Crippen molar-refractivity contribution in [2.45, 2.75) is 95.6 Å². The SMILES string of the molecule is S=C(NCC1CCCO1)NC1CCCCCCCCCCC1. The largest absolute Gasteiger partial charge is 0.376 e. The van der Waals surface area contributed by atoms with Crippen LogP contribution in [-0.2, 0) is 4.74 Å². The van der Waals surface area contributed by atoms with E-state index < -0.39 is 0 Å². The third-order valence-corrected chi connectivity index (χ3v) is 5.22. The maximum absolute atomic E-state index is 5.64. The third kappa shape index (κ3) is 7.77. The molecule has 0 bridgehead atoms. The molecule has 2 N–H and O–H groups in total. The molecule has 2 rings (SSSR count). The van der Waals surface area contributed by atoms with Crippen molar-refractivity contribution >= 4 is 17.3 Å². The highest BCUT2D eigenvalue weighted by atomic mass is 32.1. The van der Waals surface area contributed by atoms with Gasteiger partial charge in [-0.25, -0.2) is 0 Å². The van der Waals surface area contributed by atoms with Gasteiger partial charge in [-0.15, -0.1) is 0 Å². The first-order chi connectivity index (χ1) is 10.8. The molecule has 0 aromatic rings. The second-order valence-corrected chi connectivity index (χ2v) is 7.35. The molecule has 128 valence electrons. The molecular weight excluding hydrogens is 292 g/mol. The average Bonchev–Trinajstić information content (AvgIpc) is 3.01. The number of thiocarbonyl (C=S) groups is 1. The molecule has 2 aliphatic rings. The predicted molar refractivity (Wildman–Crippen MR) is 97.3 cm³/mol. The first kappa shape index (κ1) is 18.0. The van der Waals surface area contributed by atoms with Crippen LogP contribution in [0.25, 0.3) is 0 Å². The zero-order valence-corrected chi connectivity index (χ0v) is 14.9. The van der Waals surface area contributed by atoms with E-state index >= 15 is 0 Å². The second-order valence-electron chi connectivity index (χ2n) is 6.95. The predicted octanol–water partition coefficient (Wildman–Crippen LogP) is 4.30. The van der Waals surface area contributed by atoms with Crippen molar-refractivity contribution in [2.24, 2.45) is 0 Å². The van der Waals surface area contributed by atoms with E-state index in [0.717, 1.165) is 18.3 Å². The van der Waals surface area contributed by atoms with E-state index in [0.29, 0.717) is 12.1 Å². The molecule has 0 aromatic carbocycles. The van der Waals surface area contributed by atoms with Gasteiger partial charge in [0, 0.05) is 19.2 Å². The molecule has 1 aliphatic heterocycles. The molecular formula is C18H34N2OS. The summed E-state index contributed by atoms with van der Waals surface area (Å²) in [6, 6.07) is 0.559. The molecule has 4 heteroatoms. The lowest BCUT2D eigenvalue weighted by molar-refractivity contribution is 0.114. The molecule has 0 radical (unpaired) electrons. The molecule has 1 saturated heterocycles. The Balaban J connectivity index is 1.65. The summed E-state index contributed by atoms with van der Waals surface area (Å²) in [6.45, 7) is 1.77. The van der Waals surface area contributed by atoms with Crippen LogP contribution in [0.4, 0.5) is 0 Å². The van der Waals surface area contributed by atoms with Crippen molar-refractivity contribution in [1.82, 2.24) is 10.6 Å². The molecule has 1 aliphatic carbocycles. The summed E-state index contributed by atoms with van der Waals surface area (Å²) in [4.78, 5) is 0. The van der Waals surface area contributed by atoms with Gasteiger partial charge in [-0.3, -0.25) is 0 Å². The number of rotatable bonds is 3. The second kappa shape index (κ2) is 11.2. The lowest BCUT2D eigenvalue weighted by atomic mass is 9.98. The van der Waals surface area contributed by atoms with E-state index in [1.807, 2.05) is 0 Å². The highest BCUT2D eigenvalue weighted by Gasteiger charge is 2.16. The molecule has 0 spiro atoms. The van der Waals surface area contributed by atoms with Crippen LogP contribution in [0.1, 0.15) is 83.5 Å². The Morgan fingerprint density at radius 3 is 1.95 bits per heavy atom. The van der Waals surface area contributed by atoms with Crippen LogP contribution in [0.2, 0.25) is 0 Å². The zero-order chi connectivity index (χ0) is 15.5. The van der Waals surface area contributed by atoms with Crippen LogP contribution >= 0.6 is 12.2 Å². The standard InChI is InChI=1S/C18H34N2OS/c22-18(19-15-17-13-10-14-21-17)20-16-11-8-6-4-2-1-3-5-7-9-12-16/h16-17H,1-15H2,(H2,19,20,22). The van der Waals surface area contributed by atoms with Gasteiger partial charge in [0.05, 0.1) is 6.10 Å². The highest BCUT2D eigenvalue weighted by Crippen LogP contribution is 2.17. The summed E-state index contributed by atoms with van der Waals surface area (Å²) >= 11 is 5.48. The average molecular weight is 327 g/mol. The van der Waals surface area contributed by atoms with E-state index in [9.17, 15) is 0 Å². The fourth-order valence-electron chi connectivity index (χ4n) is 3.56. The Morgan fingerprint density at radius 1 is 0.818 bits per heavy atom. The third-order valence-electron chi connectivity index (χ3n) is 4.95. The zero-order valence-electron chi connectivity index (χ0n) is 14.1. The lowest BCUT2D eigenvalue weighted by Crippen LogP contribution is -2.44. The molecule has 0 aromatic heterocycles. The topological polar surface area (TPSA) is 33.3 Å². The number of hydrogen-bond donors (Lipinski definition) is 2. The van der Waals surface area contributed by atoms with Crippen LogP contribution in [0.3, 0.4) is 0 Å². The molecule has 1 heterocycles. The van der Waals surface area contributed by atoms with Crippen LogP contribution in [0.15, 0.2) is 0 Å². The van der Waals surface area contributed by atoms with E-state index in [2.05, 4.69) is 10.6 Å². The van der Waals surface area contributed by atoms with Gasteiger partial charge < -0.3 is 15.4 Å². The van der Waals surface area contributed by atoms with Crippen molar-refractivity contribution < 1.29 is 4.74 Å². The minimum absolute atomic E-state index is 0.357. The molecule has 1 saturated carbocycles. The van der Waals surface area contributed by atoms with Crippen LogP contribution in [0, 0.1) is 0 Å². The minimum atomic E-state index is 0.357. The van der Waals surface area contributed by atoms with Gasteiger partial charge in [-0.1, -0.05) is 57.8 Å².